The Bertz CT molecular complexity index is 639. The van der Waals surface area contributed by atoms with Crippen molar-refractivity contribution >= 4 is 29.7 Å². The van der Waals surface area contributed by atoms with E-state index >= 15 is 0 Å². The molecule has 178 valence electrons. The molecule has 31 heavy (non-hydrogen) atoms. The fourth-order valence-electron chi connectivity index (χ4n) is 4.03. The molecule has 2 aliphatic heterocycles. The molecule has 10 heteroatoms. The third-order valence-electron chi connectivity index (χ3n) is 6.00. The summed E-state index contributed by atoms with van der Waals surface area (Å²) < 4.78 is 10.4. The van der Waals surface area contributed by atoms with Crippen LogP contribution in [0.4, 0.5) is 4.79 Å². The van der Waals surface area contributed by atoms with Crippen molar-refractivity contribution < 1.29 is 23.9 Å². The Labute approximate surface area is 190 Å². The van der Waals surface area contributed by atoms with Gasteiger partial charge >= 0.3 is 18.0 Å². The third kappa shape index (κ3) is 6.04. The number of carbonyl (C=O) groups is 3. The van der Waals surface area contributed by atoms with Crippen molar-refractivity contribution in [3.8, 4) is 0 Å². The summed E-state index contributed by atoms with van der Waals surface area (Å²) in [4.78, 5) is 44.0. The summed E-state index contributed by atoms with van der Waals surface area (Å²) in [5, 5.41) is 2.20. The van der Waals surface area contributed by atoms with E-state index in [4.69, 9.17) is 9.47 Å². The van der Waals surface area contributed by atoms with E-state index in [1.807, 2.05) is 13.8 Å². The lowest BCUT2D eigenvalue weighted by atomic mass is 10.0. The SMILES string of the molecule is CCN(CC)CCOC(=O)C1NC(=O)N2C1SC(C)(C)C2C(=O)OCCN(CC)CC. The van der Waals surface area contributed by atoms with Crippen LogP contribution in [0.25, 0.3) is 0 Å². The smallest absolute Gasteiger partial charge is 0.331 e. The fraction of sp³-hybridized carbons (Fsp3) is 0.857. The number of hydrogen-bond donors (Lipinski definition) is 1. The van der Waals surface area contributed by atoms with Crippen molar-refractivity contribution in [2.75, 3.05) is 52.5 Å². The molecule has 2 aliphatic rings. The average Bonchev–Trinajstić information content (AvgIpc) is 3.19. The molecule has 2 amide bonds. The van der Waals surface area contributed by atoms with Gasteiger partial charge in [-0.2, -0.15) is 0 Å². The molecule has 3 atom stereocenters. The minimum absolute atomic E-state index is 0.268. The first-order valence-corrected chi connectivity index (χ1v) is 12.1. The molecule has 2 saturated heterocycles. The highest BCUT2D eigenvalue weighted by molar-refractivity contribution is 8.01. The largest absolute Gasteiger partial charge is 0.463 e. The Kier molecular flexibility index (Phi) is 9.45. The quantitative estimate of drug-likeness (QED) is 0.439. The Balaban J connectivity index is 1.99. The van der Waals surface area contributed by atoms with Crippen LogP contribution in [-0.4, -0.2) is 107 Å². The van der Waals surface area contributed by atoms with Crippen LogP contribution in [0.2, 0.25) is 0 Å². The van der Waals surface area contributed by atoms with Gasteiger partial charge in [-0.05, 0) is 40.0 Å². The van der Waals surface area contributed by atoms with E-state index in [-0.39, 0.29) is 13.2 Å². The molecule has 2 rings (SSSR count). The number of thioether (sulfide) groups is 1. The van der Waals surface area contributed by atoms with Crippen molar-refractivity contribution in [1.29, 1.82) is 0 Å². The Morgan fingerprint density at radius 3 is 1.94 bits per heavy atom. The molecule has 0 aliphatic carbocycles. The van der Waals surface area contributed by atoms with Gasteiger partial charge in [-0.1, -0.05) is 27.7 Å². The molecule has 0 radical (unpaired) electrons. The van der Waals surface area contributed by atoms with Crippen LogP contribution in [0.15, 0.2) is 0 Å². The standard InChI is InChI=1S/C21H38N4O5S/c1-7-23(8-2)11-13-29-18(26)15-17-25(20(28)22-15)16(21(5,6)31-17)19(27)30-14-12-24(9-3)10-4/h15-17H,7-14H2,1-6H3,(H,22,28). The molecule has 2 fully saturated rings. The van der Waals surface area contributed by atoms with E-state index in [0.29, 0.717) is 13.1 Å². The molecular formula is C21H38N4O5S. The molecule has 0 bridgehead atoms. The summed E-state index contributed by atoms with van der Waals surface area (Å²) in [5.41, 5.74) is 0. The maximum atomic E-state index is 12.9. The van der Waals surface area contributed by atoms with Crippen LogP contribution in [0.3, 0.4) is 0 Å². The van der Waals surface area contributed by atoms with Gasteiger partial charge in [0.05, 0.1) is 0 Å². The average molecular weight is 459 g/mol. The number of likely N-dealkylation sites (N-methyl/N-ethyl adjacent to an activating group) is 2. The molecular weight excluding hydrogens is 420 g/mol. The van der Waals surface area contributed by atoms with E-state index < -0.39 is 40.2 Å². The highest BCUT2D eigenvalue weighted by Gasteiger charge is 2.61. The second-order valence-corrected chi connectivity index (χ2v) is 10.0. The van der Waals surface area contributed by atoms with Gasteiger partial charge in [0.1, 0.15) is 24.6 Å². The number of urea groups is 1. The van der Waals surface area contributed by atoms with Crippen LogP contribution in [0, 0.1) is 0 Å². The van der Waals surface area contributed by atoms with Gasteiger partial charge in [0.25, 0.3) is 0 Å². The van der Waals surface area contributed by atoms with E-state index in [9.17, 15) is 14.4 Å². The zero-order chi connectivity index (χ0) is 23.2. The minimum atomic E-state index is -0.804. The first kappa shape index (κ1) is 25.7. The maximum absolute atomic E-state index is 12.9. The van der Waals surface area contributed by atoms with Crippen molar-refractivity contribution in [2.24, 2.45) is 0 Å². The number of carbonyl (C=O) groups excluding carboxylic acids is 3. The van der Waals surface area contributed by atoms with Crippen molar-refractivity contribution in [1.82, 2.24) is 20.0 Å². The summed E-state index contributed by atoms with van der Waals surface area (Å²) in [6.45, 7) is 17.4. The van der Waals surface area contributed by atoms with Gasteiger partial charge in [-0.25, -0.2) is 14.4 Å². The first-order chi connectivity index (χ1) is 14.7. The van der Waals surface area contributed by atoms with E-state index in [2.05, 4.69) is 42.8 Å². The van der Waals surface area contributed by atoms with Crippen LogP contribution in [0.5, 0.6) is 0 Å². The number of fused-ring (bicyclic) bond motifs is 1. The lowest BCUT2D eigenvalue weighted by molar-refractivity contribution is -0.151. The van der Waals surface area contributed by atoms with Crippen LogP contribution < -0.4 is 5.32 Å². The van der Waals surface area contributed by atoms with Gasteiger partial charge < -0.3 is 24.6 Å². The number of ether oxygens (including phenoxy) is 2. The van der Waals surface area contributed by atoms with Crippen molar-refractivity contribution in [3.63, 3.8) is 0 Å². The fourth-order valence-corrected chi connectivity index (χ4v) is 5.63. The number of nitrogens with zero attached hydrogens (tertiary/aromatic N) is 3. The number of rotatable bonds is 12. The van der Waals surface area contributed by atoms with Gasteiger partial charge in [0.15, 0.2) is 6.04 Å². The number of hydrogen-bond acceptors (Lipinski definition) is 8. The van der Waals surface area contributed by atoms with Crippen LogP contribution in [-0.2, 0) is 19.1 Å². The maximum Gasteiger partial charge on any atom is 0.331 e. The monoisotopic (exact) mass is 458 g/mol. The van der Waals surface area contributed by atoms with Gasteiger partial charge in [0.2, 0.25) is 0 Å². The Hall–Kier alpha value is -1.52. The first-order valence-electron chi connectivity index (χ1n) is 11.2. The molecule has 0 aromatic rings. The normalized spacial score (nSPS) is 24.5. The number of amides is 2. The zero-order valence-corrected chi connectivity index (χ0v) is 20.5. The summed E-state index contributed by atoms with van der Waals surface area (Å²) >= 11 is 1.43. The summed E-state index contributed by atoms with van der Waals surface area (Å²) in [6, 6.07) is -1.99. The Morgan fingerprint density at radius 2 is 1.45 bits per heavy atom. The number of nitrogens with one attached hydrogen (secondary N) is 1. The molecule has 0 aromatic carbocycles. The molecule has 0 spiro atoms. The molecule has 0 saturated carbocycles. The lowest BCUT2D eigenvalue weighted by Crippen LogP contribution is -2.50. The minimum Gasteiger partial charge on any atom is -0.463 e. The summed E-state index contributed by atoms with van der Waals surface area (Å²) in [7, 11) is 0. The van der Waals surface area contributed by atoms with Crippen molar-refractivity contribution in [3.05, 3.63) is 0 Å². The zero-order valence-electron chi connectivity index (χ0n) is 19.7. The van der Waals surface area contributed by atoms with E-state index in [0.717, 1.165) is 26.2 Å². The molecule has 1 N–H and O–H groups in total. The topological polar surface area (TPSA) is 91.4 Å². The molecule has 0 aromatic heterocycles. The van der Waals surface area contributed by atoms with E-state index in [1.54, 1.807) is 0 Å². The Morgan fingerprint density at radius 1 is 0.968 bits per heavy atom. The highest BCUT2D eigenvalue weighted by Crippen LogP contribution is 2.48. The van der Waals surface area contributed by atoms with Crippen molar-refractivity contribution in [2.45, 2.75) is 63.7 Å². The van der Waals surface area contributed by atoms with Gasteiger partial charge in [-0.3, -0.25) is 4.90 Å². The van der Waals surface area contributed by atoms with Crippen LogP contribution in [0.1, 0.15) is 41.5 Å². The second-order valence-electron chi connectivity index (χ2n) is 8.24. The predicted octanol–water partition coefficient (Wildman–Crippen LogP) is 1.37. The van der Waals surface area contributed by atoms with E-state index in [1.165, 1.54) is 16.7 Å². The summed E-state index contributed by atoms with van der Waals surface area (Å²) in [6.07, 6.45) is 0. The highest BCUT2D eigenvalue weighted by atomic mass is 32.2. The number of esters is 2. The van der Waals surface area contributed by atoms with Gasteiger partial charge in [0, 0.05) is 17.8 Å². The lowest BCUT2D eigenvalue weighted by Gasteiger charge is -2.28. The second kappa shape index (κ2) is 11.4. The molecule has 3 unspecified atom stereocenters. The van der Waals surface area contributed by atoms with Gasteiger partial charge in [-0.15, -0.1) is 11.8 Å². The molecule has 2 heterocycles. The summed E-state index contributed by atoms with van der Waals surface area (Å²) in [5.74, 6) is -0.898. The van der Waals surface area contributed by atoms with Crippen LogP contribution >= 0.6 is 11.8 Å². The molecule has 9 nitrogen and oxygen atoms in total. The third-order valence-corrected chi connectivity index (χ3v) is 7.58. The predicted molar refractivity (Wildman–Crippen MR) is 121 cm³/mol.